The summed E-state index contributed by atoms with van der Waals surface area (Å²) in [5.74, 6) is 0.741. The minimum absolute atomic E-state index is 0.0373. The summed E-state index contributed by atoms with van der Waals surface area (Å²) in [5, 5.41) is 4.22. The molecule has 3 unspecified atom stereocenters. The van der Waals surface area contributed by atoms with Gasteiger partial charge in [-0.1, -0.05) is 30.7 Å². The quantitative estimate of drug-likeness (QED) is 0.212. The summed E-state index contributed by atoms with van der Waals surface area (Å²) < 4.78 is 25.5. The summed E-state index contributed by atoms with van der Waals surface area (Å²) in [4.78, 5) is 32.2. The van der Waals surface area contributed by atoms with E-state index in [1.165, 1.54) is 18.3 Å². The molecule has 1 saturated heterocycles. The van der Waals surface area contributed by atoms with Gasteiger partial charge in [0.1, 0.15) is 22.9 Å². The lowest BCUT2D eigenvalue weighted by molar-refractivity contribution is 0.0872. The number of H-pyrrole nitrogens is 1. The van der Waals surface area contributed by atoms with E-state index in [2.05, 4.69) is 28.2 Å². The maximum absolute atomic E-state index is 13.7. The zero-order chi connectivity index (χ0) is 31.0. The van der Waals surface area contributed by atoms with Gasteiger partial charge in [0.05, 0.1) is 24.8 Å². The van der Waals surface area contributed by atoms with Gasteiger partial charge in [-0.05, 0) is 92.7 Å². The number of fused-ring (bicyclic) bond motifs is 2. The van der Waals surface area contributed by atoms with Crippen LogP contribution in [0, 0.1) is 11.2 Å². The van der Waals surface area contributed by atoms with E-state index in [0.29, 0.717) is 40.6 Å². The van der Waals surface area contributed by atoms with Crippen LogP contribution in [0.4, 0.5) is 4.39 Å². The number of amides is 1. The number of methoxy groups -OCH3 is 1. The van der Waals surface area contributed by atoms with Gasteiger partial charge < -0.3 is 19.8 Å². The van der Waals surface area contributed by atoms with Crippen molar-refractivity contribution in [1.82, 2.24) is 15.2 Å². The molecule has 1 amide bonds. The lowest BCUT2D eigenvalue weighted by atomic mass is 9.76. The summed E-state index contributed by atoms with van der Waals surface area (Å²) in [6.07, 6.45) is 5.16. The number of nitrogens with one attached hydrogen (secondary N) is 2. The first kappa shape index (κ1) is 30.2. The van der Waals surface area contributed by atoms with Crippen LogP contribution in [0.1, 0.15) is 55.5 Å². The highest BCUT2D eigenvalue weighted by atomic mass is 35.5. The normalized spacial score (nSPS) is 21.4. The molecule has 1 aliphatic heterocycles. The average Bonchev–Trinajstić information content (AvgIpc) is 3.55. The highest BCUT2D eigenvalue weighted by molar-refractivity contribution is 6.31. The molecule has 0 bridgehead atoms. The Morgan fingerprint density at radius 1 is 1.11 bits per heavy atom. The van der Waals surface area contributed by atoms with E-state index in [1.807, 2.05) is 13.0 Å². The molecule has 3 atom stereocenters. The van der Waals surface area contributed by atoms with E-state index < -0.39 is 0 Å². The SMILES string of the molecule is CCOc1cc(CN2CCC3(CC)C(NC(=O)c4c[nH]c5cc(Cl)ccc5c4=O)CCC23)cc(OC)c1-c1ccc(F)cc1. The van der Waals surface area contributed by atoms with Crippen LogP contribution in [0.25, 0.3) is 22.0 Å². The number of halogens is 2. The van der Waals surface area contributed by atoms with Crippen molar-refractivity contribution < 1.29 is 18.7 Å². The highest BCUT2D eigenvalue weighted by Gasteiger charge is 2.55. The Morgan fingerprint density at radius 3 is 2.61 bits per heavy atom. The third-order valence-corrected chi connectivity index (χ3v) is 9.84. The number of carbonyl (C=O) groups excluding carboxylic acids is 1. The Kier molecular flexibility index (Phi) is 8.40. The number of pyridine rings is 1. The van der Waals surface area contributed by atoms with Crippen LogP contribution in [0.2, 0.25) is 5.02 Å². The highest BCUT2D eigenvalue weighted by Crippen LogP contribution is 2.52. The molecule has 3 aromatic carbocycles. The molecule has 44 heavy (non-hydrogen) atoms. The van der Waals surface area contributed by atoms with Gasteiger partial charge in [0.2, 0.25) is 5.43 Å². The number of carbonyl (C=O) groups is 1. The molecule has 2 heterocycles. The number of ether oxygens (including phenoxy) is 2. The molecule has 0 radical (unpaired) electrons. The standard InChI is InChI=1S/C35H37ClFN3O4/c1-4-35-14-15-40(20-21-16-28(43-3)32(29(17-21)44-5-2)22-6-9-24(37)10-7-22)31(35)13-12-30(35)39-34(42)26-19-38-27-18-23(36)8-11-25(27)33(26)41/h6-11,16-19,30-31H,4-5,12-15,20H2,1-3H3,(H,38,41)(H,39,42). The van der Waals surface area contributed by atoms with Crippen molar-refractivity contribution in [2.24, 2.45) is 5.41 Å². The summed E-state index contributed by atoms with van der Waals surface area (Å²) in [6.45, 7) is 6.23. The van der Waals surface area contributed by atoms with Gasteiger partial charge in [-0.2, -0.15) is 0 Å². The Hall–Kier alpha value is -3.88. The molecule has 9 heteroatoms. The Morgan fingerprint density at radius 2 is 1.89 bits per heavy atom. The van der Waals surface area contributed by atoms with Crippen LogP contribution in [0.3, 0.4) is 0 Å². The zero-order valence-electron chi connectivity index (χ0n) is 25.2. The largest absolute Gasteiger partial charge is 0.496 e. The molecule has 0 spiro atoms. The lowest BCUT2D eigenvalue weighted by Crippen LogP contribution is -2.48. The number of aromatic amines is 1. The fourth-order valence-corrected chi connectivity index (χ4v) is 7.66. The second-order valence-electron chi connectivity index (χ2n) is 11.8. The molecule has 2 aliphatic rings. The predicted molar refractivity (Wildman–Crippen MR) is 171 cm³/mol. The number of hydrogen-bond donors (Lipinski definition) is 2. The number of rotatable bonds is 9. The minimum atomic E-state index is -0.345. The van der Waals surface area contributed by atoms with E-state index in [-0.39, 0.29) is 40.2 Å². The van der Waals surface area contributed by atoms with E-state index in [1.54, 1.807) is 37.4 Å². The summed E-state index contributed by atoms with van der Waals surface area (Å²) in [7, 11) is 1.64. The second-order valence-corrected chi connectivity index (χ2v) is 12.2. The van der Waals surface area contributed by atoms with Gasteiger partial charge in [-0.3, -0.25) is 14.5 Å². The van der Waals surface area contributed by atoms with Crippen molar-refractivity contribution in [2.75, 3.05) is 20.3 Å². The summed E-state index contributed by atoms with van der Waals surface area (Å²) in [6, 6.07) is 15.7. The Labute approximate surface area is 261 Å². The van der Waals surface area contributed by atoms with Gasteiger partial charge in [0, 0.05) is 40.6 Å². The van der Waals surface area contributed by atoms with Crippen LogP contribution >= 0.6 is 11.6 Å². The molecule has 230 valence electrons. The molecular weight excluding hydrogens is 581 g/mol. The Balaban J connectivity index is 1.23. The van der Waals surface area contributed by atoms with Crippen molar-refractivity contribution in [3.8, 4) is 22.6 Å². The molecule has 2 N–H and O–H groups in total. The zero-order valence-corrected chi connectivity index (χ0v) is 26.0. The first-order valence-electron chi connectivity index (χ1n) is 15.2. The fourth-order valence-electron chi connectivity index (χ4n) is 7.49. The van der Waals surface area contributed by atoms with Gasteiger partial charge in [-0.25, -0.2) is 4.39 Å². The maximum Gasteiger partial charge on any atom is 0.257 e. The van der Waals surface area contributed by atoms with Gasteiger partial charge >= 0.3 is 0 Å². The number of nitrogens with zero attached hydrogens (tertiary/aromatic N) is 1. The molecule has 1 saturated carbocycles. The first-order chi connectivity index (χ1) is 21.3. The van der Waals surface area contributed by atoms with Crippen LogP contribution in [0.15, 0.2) is 65.6 Å². The number of benzene rings is 3. The molecular formula is C35H37ClFN3O4. The van der Waals surface area contributed by atoms with Crippen molar-refractivity contribution in [1.29, 1.82) is 0 Å². The molecule has 6 rings (SSSR count). The lowest BCUT2D eigenvalue weighted by Gasteiger charge is -2.36. The van der Waals surface area contributed by atoms with Crippen LogP contribution < -0.4 is 20.2 Å². The average molecular weight is 618 g/mol. The third kappa shape index (κ3) is 5.35. The number of likely N-dealkylation sites (tertiary alicyclic amines) is 1. The monoisotopic (exact) mass is 617 g/mol. The minimum Gasteiger partial charge on any atom is -0.496 e. The van der Waals surface area contributed by atoms with E-state index in [9.17, 15) is 14.0 Å². The molecule has 1 aliphatic carbocycles. The summed E-state index contributed by atoms with van der Waals surface area (Å²) >= 11 is 6.08. The number of hydrogen-bond acceptors (Lipinski definition) is 5. The molecule has 1 aromatic heterocycles. The van der Waals surface area contributed by atoms with Crippen LogP contribution in [-0.2, 0) is 6.54 Å². The van der Waals surface area contributed by atoms with Gasteiger partial charge in [0.25, 0.3) is 5.91 Å². The smallest absolute Gasteiger partial charge is 0.257 e. The van der Waals surface area contributed by atoms with E-state index >= 15 is 0 Å². The molecule has 2 fully saturated rings. The number of aromatic nitrogens is 1. The summed E-state index contributed by atoms with van der Waals surface area (Å²) in [5.41, 5.74) is 3.02. The van der Waals surface area contributed by atoms with Gasteiger partial charge in [0.15, 0.2) is 0 Å². The van der Waals surface area contributed by atoms with E-state index in [0.717, 1.165) is 48.9 Å². The van der Waals surface area contributed by atoms with Crippen LogP contribution in [0.5, 0.6) is 11.5 Å². The van der Waals surface area contributed by atoms with Crippen molar-refractivity contribution in [2.45, 2.75) is 58.2 Å². The molecule has 7 nitrogen and oxygen atoms in total. The predicted octanol–water partition coefficient (Wildman–Crippen LogP) is 6.96. The van der Waals surface area contributed by atoms with Crippen LogP contribution in [-0.4, -0.2) is 48.1 Å². The van der Waals surface area contributed by atoms with Crippen molar-refractivity contribution in [3.05, 3.63) is 93.0 Å². The second kappa shape index (κ2) is 12.3. The van der Waals surface area contributed by atoms with Crippen molar-refractivity contribution in [3.63, 3.8) is 0 Å². The Bertz CT molecular complexity index is 1760. The topological polar surface area (TPSA) is 83.7 Å². The third-order valence-electron chi connectivity index (χ3n) is 9.61. The van der Waals surface area contributed by atoms with Crippen molar-refractivity contribution >= 4 is 28.4 Å². The first-order valence-corrected chi connectivity index (χ1v) is 15.6. The maximum atomic E-state index is 13.7. The molecule has 4 aromatic rings. The van der Waals surface area contributed by atoms with Gasteiger partial charge in [-0.15, -0.1) is 0 Å². The fraction of sp³-hybridized carbons (Fsp3) is 0.371. The van der Waals surface area contributed by atoms with E-state index in [4.69, 9.17) is 21.1 Å².